The number of carbonyl (C=O) groups is 3. The third-order valence-corrected chi connectivity index (χ3v) is 5.35. The number of aryl methyl sites for hydroxylation is 2. The van der Waals surface area contributed by atoms with Crippen molar-refractivity contribution in [3.8, 4) is 0 Å². The standard InChI is InChI=1S/C25H23N3O4/c1-16-5-9-18(10-6-16)28(19-11-7-17(2)8-12-19)22-14-13-20(32-22)15-21-23(29)26(3)25(31)27(4)24(21)30/h5-15H,1-4H3. The first-order valence-corrected chi connectivity index (χ1v) is 10.1. The van der Waals surface area contributed by atoms with Gasteiger partial charge in [-0.15, -0.1) is 0 Å². The molecule has 0 bridgehead atoms. The van der Waals surface area contributed by atoms with Crippen molar-refractivity contribution in [1.82, 2.24) is 9.80 Å². The second kappa shape index (κ2) is 8.19. The summed E-state index contributed by atoms with van der Waals surface area (Å²) in [6, 6.07) is 18.9. The third-order valence-electron chi connectivity index (χ3n) is 5.35. The summed E-state index contributed by atoms with van der Waals surface area (Å²) in [4.78, 5) is 40.7. The van der Waals surface area contributed by atoms with Crippen LogP contribution in [0.4, 0.5) is 22.1 Å². The normalized spacial score (nSPS) is 14.2. The van der Waals surface area contributed by atoms with Gasteiger partial charge in [0, 0.05) is 31.5 Å². The Morgan fingerprint density at radius 1 is 0.719 bits per heavy atom. The van der Waals surface area contributed by atoms with Gasteiger partial charge in [-0.25, -0.2) is 4.79 Å². The highest BCUT2D eigenvalue weighted by Crippen LogP contribution is 2.36. The molecular formula is C25H23N3O4. The van der Waals surface area contributed by atoms with Crippen molar-refractivity contribution in [2.75, 3.05) is 19.0 Å². The first kappa shape index (κ1) is 21.1. The zero-order valence-corrected chi connectivity index (χ0v) is 18.3. The zero-order valence-electron chi connectivity index (χ0n) is 18.3. The van der Waals surface area contributed by atoms with Crippen LogP contribution in [0.25, 0.3) is 6.08 Å². The minimum Gasteiger partial charge on any atom is -0.440 e. The Morgan fingerprint density at radius 3 is 1.66 bits per heavy atom. The van der Waals surface area contributed by atoms with E-state index in [1.165, 1.54) is 20.2 Å². The van der Waals surface area contributed by atoms with Gasteiger partial charge in [-0.2, -0.15) is 0 Å². The van der Waals surface area contributed by atoms with Crippen LogP contribution in [0, 0.1) is 13.8 Å². The average molecular weight is 429 g/mol. The van der Waals surface area contributed by atoms with E-state index in [9.17, 15) is 14.4 Å². The Kier molecular flexibility index (Phi) is 5.40. The molecule has 7 heteroatoms. The van der Waals surface area contributed by atoms with E-state index in [0.717, 1.165) is 32.3 Å². The van der Waals surface area contributed by atoms with Gasteiger partial charge in [-0.05, 0) is 50.3 Å². The molecule has 2 aromatic carbocycles. The molecule has 0 radical (unpaired) electrons. The molecule has 162 valence electrons. The maximum absolute atomic E-state index is 12.5. The second-order valence-electron chi connectivity index (χ2n) is 7.75. The van der Waals surface area contributed by atoms with Crippen LogP contribution < -0.4 is 4.90 Å². The molecule has 0 aliphatic carbocycles. The van der Waals surface area contributed by atoms with Crippen LogP contribution in [-0.2, 0) is 9.59 Å². The number of furan rings is 1. The number of carbonyl (C=O) groups excluding carboxylic acids is 3. The van der Waals surface area contributed by atoms with Crippen LogP contribution in [0.1, 0.15) is 16.9 Å². The molecule has 7 nitrogen and oxygen atoms in total. The Bertz CT molecular complexity index is 1150. The lowest BCUT2D eigenvalue weighted by Gasteiger charge is -2.28. The number of imide groups is 2. The number of barbiturate groups is 1. The number of rotatable bonds is 4. The Labute approximate surface area is 186 Å². The quantitative estimate of drug-likeness (QED) is 0.440. The van der Waals surface area contributed by atoms with Gasteiger partial charge in [-0.1, -0.05) is 35.4 Å². The first-order chi connectivity index (χ1) is 15.3. The summed E-state index contributed by atoms with van der Waals surface area (Å²) in [5, 5.41) is 0. The van der Waals surface area contributed by atoms with Crippen LogP contribution in [-0.4, -0.2) is 41.7 Å². The average Bonchev–Trinajstić information content (AvgIpc) is 3.25. The predicted octanol–water partition coefficient (Wildman–Crippen LogP) is 4.80. The summed E-state index contributed by atoms with van der Waals surface area (Å²) in [5.74, 6) is -0.468. The highest BCUT2D eigenvalue weighted by atomic mass is 16.4. The van der Waals surface area contributed by atoms with Crippen molar-refractivity contribution < 1.29 is 18.8 Å². The Hall–Kier alpha value is -4.13. The number of hydrogen-bond donors (Lipinski definition) is 0. The number of benzene rings is 2. The number of urea groups is 1. The number of anilines is 3. The number of amides is 4. The second-order valence-corrected chi connectivity index (χ2v) is 7.75. The molecule has 0 unspecified atom stereocenters. The molecule has 1 aliphatic heterocycles. The summed E-state index contributed by atoms with van der Waals surface area (Å²) in [7, 11) is 2.68. The van der Waals surface area contributed by atoms with Gasteiger partial charge in [0.15, 0.2) is 0 Å². The molecule has 3 aromatic rings. The SMILES string of the molecule is Cc1ccc(N(c2ccc(C)cc2)c2ccc(C=C3C(=O)N(C)C(=O)N(C)C3=O)o2)cc1. The zero-order chi connectivity index (χ0) is 23.0. The number of hydrogen-bond acceptors (Lipinski definition) is 5. The van der Waals surface area contributed by atoms with E-state index >= 15 is 0 Å². The van der Waals surface area contributed by atoms with E-state index in [1.54, 1.807) is 12.1 Å². The molecule has 1 aliphatic rings. The molecule has 1 aromatic heterocycles. The predicted molar refractivity (Wildman–Crippen MR) is 122 cm³/mol. The van der Waals surface area contributed by atoms with Crippen LogP contribution in [0.2, 0.25) is 0 Å². The molecule has 1 saturated heterocycles. The fourth-order valence-electron chi connectivity index (χ4n) is 3.45. The minimum atomic E-state index is -0.665. The third kappa shape index (κ3) is 3.80. The molecule has 1 fully saturated rings. The minimum absolute atomic E-state index is 0.132. The summed E-state index contributed by atoms with van der Waals surface area (Å²) in [6.45, 7) is 4.04. The molecule has 0 saturated carbocycles. The Morgan fingerprint density at radius 2 is 1.19 bits per heavy atom. The number of nitrogens with zero attached hydrogens (tertiary/aromatic N) is 3. The first-order valence-electron chi connectivity index (χ1n) is 10.1. The largest absolute Gasteiger partial charge is 0.440 e. The van der Waals surface area contributed by atoms with E-state index in [0.29, 0.717) is 11.6 Å². The van der Waals surface area contributed by atoms with E-state index in [2.05, 4.69) is 0 Å². The molecule has 32 heavy (non-hydrogen) atoms. The molecule has 4 amide bonds. The van der Waals surface area contributed by atoms with Gasteiger partial charge < -0.3 is 4.42 Å². The fourth-order valence-corrected chi connectivity index (χ4v) is 3.45. The lowest BCUT2D eigenvalue weighted by atomic mass is 10.1. The van der Waals surface area contributed by atoms with Crippen LogP contribution in [0.15, 0.2) is 70.7 Å². The lowest BCUT2D eigenvalue weighted by Crippen LogP contribution is -2.52. The van der Waals surface area contributed by atoms with E-state index < -0.39 is 17.8 Å². The molecule has 0 atom stereocenters. The summed E-state index contributed by atoms with van der Waals surface area (Å²) < 4.78 is 6.03. The lowest BCUT2D eigenvalue weighted by molar-refractivity contribution is -0.134. The molecule has 2 heterocycles. The molecule has 0 N–H and O–H groups in total. The van der Waals surface area contributed by atoms with Crippen molar-refractivity contribution in [2.24, 2.45) is 0 Å². The van der Waals surface area contributed by atoms with E-state index in [1.807, 2.05) is 67.3 Å². The maximum Gasteiger partial charge on any atom is 0.333 e. The highest BCUT2D eigenvalue weighted by molar-refractivity contribution is 6.30. The molecular weight excluding hydrogens is 406 g/mol. The van der Waals surface area contributed by atoms with Crippen LogP contribution >= 0.6 is 0 Å². The van der Waals surface area contributed by atoms with Crippen molar-refractivity contribution >= 4 is 41.2 Å². The van der Waals surface area contributed by atoms with Gasteiger partial charge in [-0.3, -0.25) is 24.3 Å². The van der Waals surface area contributed by atoms with Gasteiger partial charge in [0.2, 0.25) is 5.88 Å². The monoisotopic (exact) mass is 429 g/mol. The smallest absolute Gasteiger partial charge is 0.333 e. The van der Waals surface area contributed by atoms with Gasteiger partial charge in [0.05, 0.1) is 0 Å². The van der Waals surface area contributed by atoms with Crippen molar-refractivity contribution in [3.05, 3.63) is 83.1 Å². The molecule has 4 rings (SSSR count). The van der Waals surface area contributed by atoms with Crippen LogP contribution in [0.3, 0.4) is 0 Å². The van der Waals surface area contributed by atoms with Gasteiger partial charge in [0.25, 0.3) is 11.8 Å². The summed E-state index contributed by atoms with van der Waals surface area (Å²) >= 11 is 0. The van der Waals surface area contributed by atoms with Crippen molar-refractivity contribution in [2.45, 2.75) is 13.8 Å². The van der Waals surface area contributed by atoms with Crippen LogP contribution in [0.5, 0.6) is 0 Å². The van der Waals surface area contributed by atoms with Crippen molar-refractivity contribution in [1.29, 1.82) is 0 Å². The fraction of sp³-hybridized carbons (Fsp3) is 0.160. The maximum atomic E-state index is 12.5. The van der Waals surface area contributed by atoms with Crippen molar-refractivity contribution in [3.63, 3.8) is 0 Å². The van der Waals surface area contributed by atoms with Gasteiger partial charge in [0.1, 0.15) is 11.3 Å². The summed E-state index contributed by atoms with van der Waals surface area (Å²) in [5.41, 5.74) is 3.96. The molecule has 0 spiro atoms. The number of likely N-dealkylation sites (N-methyl/N-ethyl adjacent to an activating group) is 2. The van der Waals surface area contributed by atoms with E-state index in [-0.39, 0.29) is 5.57 Å². The Balaban J connectivity index is 1.75. The highest BCUT2D eigenvalue weighted by Gasteiger charge is 2.38. The summed E-state index contributed by atoms with van der Waals surface area (Å²) in [6.07, 6.45) is 1.37. The van der Waals surface area contributed by atoms with E-state index in [4.69, 9.17) is 4.42 Å². The topological polar surface area (TPSA) is 74.1 Å². The van der Waals surface area contributed by atoms with Gasteiger partial charge >= 0.3 is 6.03 Å².